The molecule has 0 radical (unpaired) electrons. The van der Waals surface area contributed by atoms with Gasteiger partial charge in [-0.25, -0.2) is 0 Å². The molecule has 13 aromatic rings. The Kier molecular flexibility index (Phi) is 7.81. The van der Waals surface area contributed by atoms with Crippen molar-refractivity contribution in [1.29, 1.82) is 0 Å². The standard InChI is InChI=1S/C65H42O/c1-65(2)58-31-28-43(37-57(58)63-49-20-7-5-18-47(49)48-19-6-12-25-54(48)64(63)65)44-29-32-59-55(36-44)56-38-46(30-33-60(56)66-59)62-52-23-10-8-21-50(52)61(51-22-9-11-24-53(51)62)45-17-13-16-41(35-45)42-27-26-39-14-3-4-15-40(39)34-42/h3-38H,1-2H3. The van der Waals surface area contributed by atoms with E-state index >= 15 is 0 Å². The molecule has 0 aliphatic heterocycles. The molecule has 0 saturated heterocycles. The van der Waals surface area contributed by atoms with Gasteiger partial charge in [0, 0.05) is 16.2 Å². The molecule has 12 aromatic carbocycles. The Bertz CT molecular complexity index is 4140. The van der Waals surface area contributed by atoms with E-state index in [4.69, 9.17) is 4.42 Å². The minimum Gasteiger partial charge on any atom is -0.456 e. The van der Waals surface area contributed by atoms with Gasteiger partial charge in [-0.15, -0.1) is 0 Å². The molecule has 0 bridgehead atoms. The summed E-state index contributed by atoms with van der Waals surface area (Å²) in [6, 6.07) is 80.8. The van der Waals surface area contributed by atoms with E-state index < -0.39 is 0 Å². The smallest absolute Gasteiger partial charge is 0.135 e. The normalized spacial score (nSPS) is 13.1. The van der Waals surface area contributed by atoms with Gasteiger partial charge < -0.3 is 4.42 Å². The lowest BCUT2D eigenvalue weighted by Crippen LogP contribution is -2.15. The maximum Gasteiger partial charge on any atom is 0.135 e. The van der Waals surface area contributed by atoms with Crippen LogP contribution in [-0.4, -0.2) is 0 Å². The summed E-state index contributed by atoms with van der Waals surface area (Å²) in [5.74, 6) is 0. The highest BCUT2D eigenvalue weighted by Crippen LogP contribution is 2.55. The zero-order chi connectivity index (χ0) is 43.7. The van der Waals surface area contributed by atoms with Crippen LogP contribution in [0.5, 0.6) is 0 Å². The van der Waals surface area contributed by atoms with Crippen molar-refractivity contribution in [2.75, 3.05) is 0 Å². The Hall–Kier alpha value is -8.26. The lowest BCUT2D eigenvalue weighted by molar-refractivity contribution is 0.666. The van der Waals surface area contributed by atoms with Crippen molar-refractivity contribution in [3.8, 4) is 55.6 Å². The van der Waals surface area contributed by atoms with Crippen molar-refractivity contribution in [1.82, 2.24) is 0 Å². The average molecular weight is 839 g/mol. The summed E-state index contributed by atoms with van der Waals surface area (Å²) < 4.78 is 6.59. The Balaban J connectivity index is 0.920. The fourth-order valence-electron chi connectivity index (χ4n) is 11.8. The maximum absolute atomic E-state index is 6.59. The van der Waals surface area contributed by atoms with Gasteiger partial charge >= 0.3 is 0 Å². The molecule has 1 aliphatic rings. The number of hydrogen-bond donors (Lipinski definition) is 0. The van der Waals surface area contributed by atoms with Gasteiger partial charge in [-0.2, -0.15) is 0 Å². The minimum absolute atomic E-state index is 0.136. The van der Waals surface area contributed by atoms with Gasteiger partial charge in [-0.3, -0.25) is 0 Å². The highest BCUT2D eigenvalue weighted by molar-refractivity contribution is 6.23. The van der Waals surface area contributed by atoms with E-state index in [9.17, 15) is 0 Å². The van der Waals surface area contributed by atoms with Crippen molar-refractivity contribution in [3.05, 3.63) is 230 Å². The van der Waals surface area contributed by atoms with Gasteiger partial charge in [0.1, 0.15) is 11.2 Å². The molecule has 14 rings (SSSR count). The van der Waals surface area contributed by atoms with Crippen molar-refractivity contribution in [3.63, 3.8) is 0 Å². The van der Waals surface area contributed by atoms with E-state index in [1.807, 2.05) is 0 Å². The molecule has 308 valence electrons. The summed E-state index contributed by atoms with van der Waals surface area (Å²) in [4.78, 5) is 0. The van der Waals surface area contributed by atoms with Crippen molar-refractivity contribution in [2.45, 2.75) is 19.3 Å². The first kappa shape index (κ1) is 37.1. The van der Waals surface area contributed by atoms with Gasteiger partial charge in [0.15, 0.2) is 0 Å². The molecule has 1 aliphatic carbocycles. The zero-order valence-electron chi connectivity index (χ0n) is 36.7. The number of rotatable bonds is 4. The van der Waals surface area contributed by atoms with E-state index in [2.05, 4.69) is 232 Å². The minimum atomic E-state index is -0.136. The molecule has 0 fully saturated rings. The number of hydrogen-bond acceptors (Lipinski definition) is 1. The van der Waals surface area contributed by atoms with Gasteiger partial charge in [0.2, 0.25) is 0 Å². The van der Waals surface area contributed by atoms with Crippen LogP contribution in [-0.2, 0) is 5.41 Å². The summed E-state index contributed by atoms with van der Waals surface area (Å²) in [5, 5.41) is 15.0. The summed E-state index contributed by atoms with van der Waals surface area (Å²) in [6.07, 6.45) is 0. The van der Waals surface area contributed by atoms with Crippen LogP contribution in [0.2, 0.25) is 0 Å². The first-order valence-electron chi connectivity index (χ1n) is 23.1. The van der Waals surface area contributed by atoms with Crippen LogP contribution in [0, 0.1) is 0 Å². The molecule has 1 aromatic heterocycles. The van der Waals surface area contributed by atoms with E-state index in [0.29, 0.717) is 0 Å². The quantitative estimate of drug-likeness (QED) is 0.127. The molecule has 0 atom stereocenters. The second-order valence-corrected chi connectivity index (χ2v) is 18.7. The predicted molar refractivity (Wildman–Crippen MR) is 281 cm³/mol. The Morgan fingerprint density at radius 2 is 0.727 bits per heavy atom. The van der Waals surface area contributed by atoms with Gasteiger partial charge in [0.25, 0.3) is 0 Å². The first-order chi connectivity index (χ1) is 32.5. The predicted octanol–water partition coefficient (Wildman–Crippen LogP) is 18.3. The third kappa shape index (κ3) is 5.35. The molecule has 1 heteroatoms. The van der Waals surface area contributed by atoms with Crippen molar-refractivity contribution < 1.29 is 4.42 Å². The first-order valence-corrected chi connectivity index (χ1v) is 23.1. The Labute approximate surface area is 382 Å². The van der Waals surface area contributed by atoms with E-state index in [1.54, 1.807) is 0 Å². The summed E-state index contributed by atoms with van der Waals surface area (Å²) in [5.41, 5.74) is 16.9. The highest BCUT2D eigenvalue weighted by Gasteiger charge is 2.38. The maximum atomic E-state index is 6.59. The van der Waals surface area contributed by atoms with E-state index in [0.717, 1.165) is 21.9 Å². The zero-order valence-corrected chi connectivity index (χ0v) is 36.7. The Morgan fingerprint density at radius 1 is 0.288 bits per heavy atom. The molecule has 0 spiro atoms. The fourth-order valence-corrected chi connectivity index (χ4v) is 11.8. The van der Waals surface area contributed by atoms with Crippen LogP contribution < -0.4 is 0 Å². The molecule has 1 heterocycles. The second kappa shape index (κ2) is 13.9. The Morgan fingerprint density at radius 3 is 1.39 bits per heavy atom. The molecule has 66 heavy (non-hydrogen) atoms. The highest BCUT2D eigenvalue weighted by atomic mass is 16.3. The van der Waals surface area contributed by atoms with Crippen LogP contribution in [0.25, 0.3) is 131 Å². The summed E-state index contributed by atoms with van der Waals surface area (Å²) >= 11 is 0. The molecular weight excluding hydrogens is 797 g/mol. The second-order valence-electron chi connectivity index (χ2n) is 18.7. The lowest BCUT2D eigenvalue weighted by atomic mass is 9.79. The monoisotopic (exact) mass is 838 g/mol. The van der Waals surface area contributed by atoms with Crippen LogP contribution in [0.4, 0.5) is 0 Å². The van der Waals surface area contributed by atoms with Crippen LogP contribution in [0.3, 0.4) is 0 Å². The van der Waals surface area contributed by atoms with Crippen molar-refractivity contribution >= 4 is 75.8 Å². The fraction of sp³-hybridized carbons (Fsp3) is 0.0462. The van der Waals surface area contributed by atoms with Gasteiger partial charge in [0.05, 0.1) is 0 Å². The number of fused-ring (bicyclic) bond motifs is 14. The molecule has 0 saturated carbocycles. The third-order valence-corrected chi connectivity index (χ3v) is 14.8. The molecule has 0 amide bonds. The lowest BCUT2D eigenvalue weighted by Gasteiger charge is -2.24. The van der Waals surface area contributed by atoms with Gasteiger partial charge in [-0.05, 0) is 163 Å². The summed E-state index contributed by atoms with van der Waals surface area (Å²) in [7, 11) is 0. The number of furan rings is 1. The summed E-state index contributed by atoms with van der Waals surface area (Å²) in [6.45, 7) is 4.79. The van der Waals surface area contributed by atoms with E-state index in [1.165, 1.54) is 121 Å². The van der Waals surface area contributed by atoms with E-state index in [-0.39, 0.29) is 5.41 Å². The van der Waals surface area contributed by atoms with Crippen molar-refractivity contribution in [2.24, 2.45) is 0 Å². The van der Waals surface area contributed by atoms with Crippen LogP contribution in [0.15, 0.2) is 223 Å². The molecular formula is C65H42O. The van der Waals surface area contributed by atoms with Crippen LogP contribution >= 0.6 is 0 Å². The van der Waals surface area contributed by atoms with Gasteiger partial charge in [-0.1, -0.05) is 190 Å². The SMILES string of the molecule is CC1(C)c2ccc(-c3ccc4oc5ccc(-c6c7ccccc7c(-c7cccc(-c8ccc9ccccc9c8)c7)c7ccccc67)cc5c4c3)cc2-c2c1c1ccccc1c1ccccc21. The molecule has 0 unspecified atom stereocenters. The molecule has 1 nitrogen and oxygen atoms in total. The topological polar surface area (TPSA) is 13.1 Å². The number of benzene rings is 12. The third-order valence-electron chi connectivity index (χ3n) is 14.8. The largest absolute Gasteiger partial charge is 0.456 e. The van der Waals surface area contributed by atoms with Crippen LogP contribution in [0.1, 0.15) is 25.0 Å². The molecule has 0 N–H and O–H groups in total. The average Bonchev–Trinajstić information content (AvgIpc) is 3.86.